The summed E-state index contributed by atoms with van der Waals surface area (Å²) < 4.78 is 26.9. The van der Waals surface area contributed by atoms with E-state index in [9.17, 15) is 22.8 Å². The second-order valence-electron chi connectivity index (χ2n) is 6.94. The first kappa shape index (κ1) is 21.8. The molecule has 9 nitrogen and oxygen atoms in total. The Balaban J connectivity index is 1.80. The Morgan fingerprint density at radius 2 is 1.82 bits per heavy atom. The minimum Gasteiger partial charge on any atom is -0.354 e. The minimum atomic E-state index is -3.73. The fraction of sp³-hybridized carbons (Fsp3) is 0.500. The number of likely N-dealkylation sites (tertiary alicyclic amines) is 1. The summed E-state index contributed by atoms with van der Waals surface area (Å²) in [6, 6.07) is 5.81. The van der Waals surface area contributed by atoms with Gasteiger partial charge in [0.1, 0.15) is 0 Å². The maximum Gasteiger partial charge on any atom is 0.240 e. The average molecular weight is 410 g/mol. The van der Waals surface area contributed by atoms with Crippen LogP contribution in [0.3, 0.4) is 0 Å². The van der Waals surface area contributed by atoms with Crippen molar-refractivity contribution in [2.75, 3.05) is 25.0 Å². The molecular formula is C18H26N4O5S. The Kier molecular flexibility index (Phi) is 7.14. The van der Waals surface area contributed by atoms with Gasteiger partial charge in [0.15, 0.2) is 0 Å². The molecule has 1 unspecified atom stereocenters. The Hall–Kier alpha value is -2.46. The van der Waals surface area contributed by atoms with Crippen molar-refractivity contribution in [1.82, 2.24) is 14.9 Å². The van der Waals surface area contributed by atoms with E-state index in [1.165, 1.54) is 31.2 Å². The van der Waals surface area contributed by atoms with Gasteiger partial charge in [-0.2, -0.15) is 0 Å². The Morgan fingerprint density at radius 1 is 1.18 bits per heavy atom. The third-order valence-electron chi connectivity index (χ3n) is 4.35. The first-order chi connectivity index (χ1) is 13.1. The molecule has 0 aromatic heterocycles. The Labute approximate surface area is 164 Å². The predicted molar refractivity (Wildman–Crippen MR) is 104 cm³/mol. The van der Waals surface area contributed by atoms with Crippen LogP contribution >= 0.6 is 0 Å². The van der Waals surface area contributed by atoms with Gasteiger partial charge >= 0.3 is 0 Å². The minimum absolute atomic E-state index is 0.0239. The van der Waals surface area contributed by atoms with Crippen LogP contribution in [-0.4, -0.2) is 56.7 Å². The molecule has 0 bridgehead atoms. The predicted octanol–water partition coefficient (Wildman–Crippen LogP) is 0.296. The van der Waals surface area contributed by atoms with Gasteiger partial charge in [-0.25, -0.2) is 13.1 Å². The molecule has 1 atom stereocenters. The third-order valence-corrected chi connectivity index (χ3v) is 5.83. The lowest BCUT2D eigenvalue weighted by Crippen LogP contribution is -2.39. The lowest BCUT2D eigenvalue weighted by molar-refractivity contribution is -0.129. The van der Waals surface area contributed by atoms with E-state index in [-0.39, 0.29) is 48.2 Å². The molecule has 1 aliphatic heterocycles. The van der Waals surface area contributed by atoms with E-state index in [2.05, 4.69) is 15.4 Å². The molecule has 0 saturated carbocycles. The maximum absolute atomic E-state index is 12.3. The van der Waals surface area contributed by atoms with Crippen molar-refractivity contribution in [2.45, 2.75) is 38.1 Å². The second-order valence-corrected chi connectivity index (χ2v) is 8.70. The number of hydrogen-bond donors (Lipinski definition) is 3. The van der Waals surface area contributed by atoms with Crippen LogP contribution in [0.4, 0.5) is 5.69 Å². The summed E-state index contributed by atoms with van der Waals surface area (Å²) >= 11 is 0. The van der Waals surface area contributed by atoms with Gasteiger partial charge in [-0.15, -0.1) is 0 Å². The molecule has 28 heavy (non-hydrogen) atoms. The molecule has 154 valence electrons. The van der Waals surface area contributed by atoms with Crippen molar-refractivity contribution in [3.05, 3.63) is 24.3 Å². The van der Waals surface area contributed by atoms with E-state index < -0.39 is 15.9 Å². The molecule has 3 amide bonds. The van der Waals surface area contributed by atoms with Crippen molar-refractivity contribution in [3.8, 4) is 0 Å². The molecule has 1 saturated heterocycles. The van der Waals surface area contributed by atoms with Gasteiger partial charge in [-0.1, -0.05) is 0 Å². The van der Waals surface area contributed by atoms with E-state index in [0.717, 1.165) is 0 Å². The lowest BCUT2D eigenvalue weighted by Gasteiger charge is -2.20. The largest absolute Gasteiger partial charge is 0.354 e. The molecule has 3 N–H and O–H groups in total. The number of benzene rings is 1. The number of carbonyl (C=O) groups is 3. The highest BCUT2D eigenvalue weighted by molar-refractivity contribution is 7.89. The number of nitrogens with one attached hydrogen (secondary N) is 3. The quantitative estimate of drug-likeness (QED) is 0.532. The standard InChI is InChI=1S/C18H26N4O5S/c1-12(2)22-11-14(10-17(22)24)18(25)19-8-9-20-28(26,27)16-6-4-15(5-7-16)21-13(3)23/h4-7,12,14,20H,8-11H2,1-3H3,(H,19,25)(H,21,23). The van der Waals surface area contributed by atoms with Crippen LogP contribution in [0, 0.1) is 5.92 Å². The number of anilines is 1. The zero-order valence-corrected chi connectivity index (χ0v) is 17.0. The van der Waals surface area contributed by atoms with Crippen LogP contribution in [-0.2, 0) is 24.4 Å². The SMILES string of the molecule is CC(=O)Nc1ccc(S(=O)(=O)NCCNC(=O)C2CC(=O)N(C(C)C)C2)cc1. The van der Waals surface area contributed by atoms with Gasteiger partial charge in [0.2, 0.25) is 27.7 Å². The van der Waals surface area contributed by atoms with Crippen LogP contribution < -0.4 is 15.4 Å². The van der Waals surface area contributed by atoms with Crippen molar-refractivity contribution in [1.29, 1.82) is 0 Å². The lowest BCUT2D eigenvalue weighted by atomic mass is 10.1. The van der Waals surface area contributed by atoms with Gasteiger partial charge in [-0.3, -0.25) is 14.4 Å². The van der Waals surface area contributed by atoms with Crippen molar-refractivity contribution in [3.63, 3.8) is 0 Å². The number of rotatable bonds is 8. The molecular weight excluding hydrogens is 384 g/mol. The van der Waals surface area contributed by atoms with Crippen molar-refractivity contribution in [2.24, 2.45) is 5.92 Å². The van der Waals surface area contributed by atoms with Crippen molar-refractivity contribution >= 4 is 33.4 Å². The zero-order chi connectivity index (χ0) is 20.9. The van der Waals surface area contributed by atoms with E-state index in [1.54, 1.807) is 4.90 Å². The van der Waals surface area contributed by atoms with Gasteiger partial charge in [0, 0.05) is 44.7 Å². The fourth-order valence-electron chi connectivity index (χ4n) is 2.93. The first-order valence-corrected chi connectivity index (χ1v) is 10.5. The summed E-state index contributed by atoms with van der Waals surface area (Å²) in [5, 5.41) is 5.23. The number of amides is 3. The first-order valence-electron chi connectivity index (χ1n) is 9.04. The highest BCUT2D eigenvalue weighted by atomic mass is 32.2. The van der Waals surface area contributed by atoms with Crippen LogP contribution in [0.15, 0.2) is 29.2 Å². The van der Waals surface area contributed by atoms with E-state index in [0.29, 0.717) is 12.2 Å². The molecule has 0 spiro atoms. The molecule has 1 fully saturated rings. The second kappa shape index (κ2) is 9.16. The van der Waals surface area contributed by atoms with Gasteiger partial charge in [0.05, 0.1) is 10.8 Å². The number of carbonyl (C=O) groups excluding carboxylic acids is 3. The van der Waals surface area contributed by atoms with Crippen LogP contribution in [0.5, 0.6) is 0 Å². The molecule has 2 rings (SSSR count). The highest BCUT2D eigenvalue weighted by Gasteiger charge is 2.35. The summed E-state index contributed by atoms with van der Waals surface area (Å²) in [7, 11) is -3.73. The highest BCUT2D eigenvalue weighted by Crippen LogP contribution is 2.20. The zero-order valence-electron chi connectivity index (χ0n) is 16.2. The topological polar surface area (TPSA) is 125 Å². The van der Waals surface area contributed by atoms with Crippen LogP contribution in [0.1, 0.15) is 27.2 Å². The maximum atomic E-state index is 12.3. The number of nitrogens with zero attached hydrogens (tertiary/aromatic N) is 1. The van der Waals surface area contributed by atoms with Gasteiger partial charge in [0.25, 0.3) is 0 Å². The Morgan fingerprint density at radius 3 is 2.36 bits per heavy atom. The van der Waals surface area contributed by atoms with Gasteiger partial charge < -0.3 is 15.5 Å². The smallest absolute Gasteiger partial charge is 0.240 e. The molecule has 10 heteroatoms. The monoisotopic (exact) mass is 410 g/mol. The summed E-state index contributed by atoms with van der Waals surface area (Å²) in [6.45, 7) is 5.69. The average Bonchev–Trinajstić information content (AvgIpc) is 3.01. The van der Waals surface area contributed by atoms with Crippen molar-refractivity contribution < 1.29 is 22.8 Å². The number of sulfonamides is 1. The molecule has 0 radical (unpaired) electrons. The van der Waals surface area contributed by atoms with E-state index in [4.69, 9.17) is 0 Å². The summed E-state index contributed by atoms with van der Waals surface area (Å²) in [4.78, 5) is 36.8. The molecule has 0 aliphatic carbocycles. The fourth-order valence-corrected chi connectivity index (χ4v) is 3.96. The summed E-state index contributed by atoms with van der Waals surface area (Å²) in [5.74, 6) is -0.952. The van der Waals surface area contributed by atoms with E-state index in [1.807, 2.05) is 13.8 Å². The molecule has 1 heterocycles. The third kappa shape index (κ3) is 5.77. The molecule has 1 aromatic rings. The van der Waals surface area contributed by atoms with Crippen LogP contribution in [0.25, 0.3) is 0 Å². The molecule has 1 aliphatic rings. The Bertz CT molecular complexity index is 836. The summed E-state index contributed by atoms with van der Waals surface area (Å²) in [6.07, 6.45) is 0.177. The van der Waals surface area contributed by atoms with Gasteiger partial charge in [-0.05, 0) is 38.1 Å². The van der Waals surface area contributed by atoms with Crippen LogP contribution in [0.2, 0.25) is 0 Å². The summed E-state index contributed by atoms with van der Waals surface area (Å²) in [5.41, 5.74) is 0.500. The number of hydrogen-bond acceptors (Lipinski definition) is 5. The normalized spacial score (nSPS) is 17.1. The van der Waals surface area contributed by atoms with E-state index >= 15 is 0 Å². The molecule has 1 aromatic carbocycles.